The highest BCUT2D eigenvalue weighted by atomic mass is 35.5. The third-order valence-corrected chi connectivity index (χ3v) is 5.45. The highest BCUT2D eigenvalue weighted by molar-refractivity contribution is 6.76. The van der Waals surface area contributed by atoms with Crippen LogP contribution in [0.4, 0.5) is 5.69 Å². The minimum Gasteiger partial charge on any atom is -0.383 e. The van der Waals surface area contributed by atoms with Crippen LogP contribution < -0.4 is 5.32 Å². The molecule has 0 aromatic carbocycles. The van der Waals surface area contributed by atoms with Crippen molar-refractivity contribution in [2.45, 2.75) is 32.4 Å². The minimum absolute atomic E-state index is 0.472. The zero-order valence-corrected chi connectivity index (χ0v) is 16.1. The van der Waals surface area contributed by atoms with Crippen molar-refractivity contribution in [3.05, 3.63) is 23.5 Å². The Hall–Kier alpha value is -1.08. The summed E-state index contributed by atoms with van der Waals surface area (Å²) in [4.78, 5) is 4.44. The molecular formula is C16H26ClN3O2Si. The van der Waals surface area contributed by atoms with Crippen LogP contribution in [0.25, 0.3) is 11.0 Å². The standard InChI is InChI=1S/C16H26ClN3O2Si/c1-21-8-6-18-14-11-15(17)19-16-13(14)5-7-20(16)12-22-9-10-23(2,3)4/h5,7,11H,6,8-10,12H2,1-4H3,(H,18,19). The number of halogens is 1. The molecule has 5 nitrogen and oxygen atoms in total. The van der Waals surface area contributed by atoms with Crippen molar-refractivity contribution in [3.63, 3.8) is 0 Å². The van der Waals surface area contributed by atoms with Gasteiger partial charge in [0, 0.05) is 45.6 Å². The molecule has 2 aromatic heterocycles. The molecule has 0 amide bonds. The number of ether oxygens (including phenoxy) is 2. The van der Waals surface area contributed by atoms with Crippen LogP contribution in [0.2, 0.25) is 30.8 Å². The van der Waals surface area contributed by atoms with Crippen LogP contribution in [-0.2, 0) is 16.2 Å². The lowest BCUT2D eigenvalue weighted by Crippen LogP contribution is -2.22. The van der Waals surface area contributed by atoms with Crippen molar-refractivity contribution in [1.82, 2.24) is 9.55 Å². The summed E-state index contributed by atoms with van der Waals surface area (Å²) in [6, 6.07) is 5.04. The Morgan fingerprint density at radius 3 is 2.78 bits per heavy atom. The smallest absolute Gasteiger partial charge is 0.145 e. The Kier molecular flexibility index (Phi) is 6.47. The summed E-state index contributed by atoms with van der Waals surface area (Å²) in [6.07, 6.45) is 1.99. The fourth-order valence-electron chi connectivity index (χ4n) is 2.21. The van der Waals surface area contributed by atoms with Crippen LogP contribution in [0.15, 0.2) is 18.3 Å². The number of hydrogen-bond donors (Lipinski definition) is 1. The predicted octanol–water partition coefficient (Wildman–Crippen LogP) is 4.06. The van der Waals surface area contributed by atoms with Gasteiger partial charge in [0.15, 0.2) is 0 Å². The normalized spacial score (nSPS) is 12.0. The predicted molar refractivity (Wildman–Crippen MR) is 99.2 cm³/mol. The SMILES string of the molecule is COCCNc1cc(Cl)nc2c1ccn2COCC[Si](C)(C)C. The number of anilines is 1. The number of hydrogen-bond acceptors (Lipinski definition) is 4. The van der Waals surface area contributed by atoms with Crippen molar-refractivity contribution in [1.29, 1.82) is 0 Å². The van der Waals surface area contributed by atoms with Gasteiger partial charge in [-0.3, -0.25) is 0 Å². The highest BCUT2D eigenvalue weighted by Gasteiger charge is 2.13. The van der Waals surface area contributed by atoms with E-state index in [1.165, 1.54) is 0 Å². The number of fused-ring (bicyclic) bond motifs is 1. The second kappa shape index (κ2) is 8.15. The van der Waals surface area contributed by atoms with Crippen LogP contribution in [0, 0.1) is 0 Å². The van der Waals surface area contributed by atoms with Gasteiger partial charge >= 0.3 is 0 Å². The Labute approximate surface area is 143 Å². The van der Waals surface area contributed by atoms with Gasteiger partial charge in [0.05, 0.1) is 6.61 Å². The van der Waals surface area contributed by atoms with E-state index in [1.54, 1.807) is 7.11 Å². The zero-order valence-electron chi connectivity index (χ0n) is 14.4. The van der Waals surface area contributed by atoms with Gasteiger partial charge in [0.1, 0.15) is 17.5 Å². The van der Waals surface area contributed by atoms with E-state index < -0.39 is 8.07 Å². The van der Waals surface area contributed by atoms with Crippen LogP contribution in [0.5, 0.6) is 0 Å². The molecule has 0 aliphatic carbocycles. The van der Waals surface area contributed by atoms with E-state index in [1.807, 2.05) is 22.9 Å². The maximum atomic E-state index is 6.16. The fraction of sp³-hybridized carbons (Fsp3) is 0.562. The molecule has 7 heteroatoms. The number of aromatic nitrogens is 2. The van der Waals surface area contributed by atoms with Gasteiger partial charge in [-0.1, -0.05) is 31.2 Å². The van der Waals surface area contributed by atoms with E-state index >= 15 is 0 Å². The molecule has 0 fully saturated rings. The van der Waals surface area contributed by atoms with E-state index in [4.69, 9.17) is 21.1 Å². The molecule has 2 rings (SSSR count). The molecule has 0 aliphatic heterocycles. The Morgan fingerprint density at radius 2 is 2.09 bits per heavy atom. The largest absolute Gasteiger partial charge is 0.383 e. The van der Waals surface area contributed by atoms with Gasteiger partial charge in [-0.15, -0.1) is 0 Å². The molecule has 0 aliphatic rings. The number of methoxy groups -OCH3 is 1. The Morgan fingerprint density at radius 1 is 1.30 bits per heavy atom. The maximum absolute atomic E-state index is 6.16. The van der Waals surface area contributed by atoms with Gasteiger partial charge < -0.3 is 19.4 Å². The lowest BCUT2D eigenvalue weighted by molar-refractivity contribution is 0.0899. The van der Waals surface area contributed by atoms with Crippen LogP contribution in [0.3, 0.4) is 0 Å². The fourth-order valence-corrected chi connectivity index (χ4v) is 3.15. The molecule has 2 heterocycles. The molecule has 0 saturated carbocycles. The van der Waals surface area contributed by atoms with Crippen LogP contribution in [-0.4, -0.2) is 44.5 Å². The van der Waals surface area contributed by atoms with Crippen molar-refractivity contribution in [3.8, 4) is 0 Å². The summed E-state index contributed by atoms with van der Waals surface area (Å²) < 4.78 is 12.9. The Balaban J connectivity index is 2.07. The second-order valence-corrected chi connectivity index (χ2v) is 12.8. The van der Waals surface area contributed by atoms with Gasteiger partial charge in [-0.25, -0.2) is 4.98 Å². The van der Waals surface area contributed by atoms with E-state index in [-0.39, 0.29) is 0 Å². The highest BCUT2D eigenvalue weighted by Crippen LogP contribution is 2.26. The van der Waals surface area contributed by atoms with Crippen LogP contribution in [0.1, 0.15) is 0 Å². The second-order valence-electron chi connectivity index (χ2n) is 6.78. The van der Waals surface area contributed by atoms with Gasteiger partial charge in [0.25, 0.3) is 0 Å². The number of rotatable bonds is 9. The lowest BCUT2D eigenvalue weighted by atomic mass is 10.3. The van der Waals surface area contributed by atoms with Crippen molar-refractivity contribution in [2.24, 2.45) is 0 Å². The molecule has 0 atom stereocenters. The van der Waals surface area contributed by atoms with E-state index in [0.29, 0.717) is 18.5 Å². The average Bonchev–Trinajstić information content (AvgIpc) is 2.86. The summed E-state index contributed by atoms with van der Waals surface area (Å²) in [7, 11) is 0.623. The summed E-state index contributed by atoms with van der Waals surface area (Å²) in [5, 5.41) is 4.84. The first-order chi connectivity index (χ1) is 10.9. The molecule has 23 heavy (non-hydrogen) atoms. The average molecular weight is 356 g/mol. The molecule has 1 N–H and O–H groups in total. The Bertz CT molecular complexity index is 640. The molecule has 2 aromatic rings. The third kappa shape index (κ3) is 5.49. The first-order valence-corrected chi connectivity index (χ1v) is 12.0. The molecule has 0 spiro atoms. The third-order valence-electron chi connectivity index (χ3n) is 3.55. The van der Waals surface area contributed by atoms with E-state index in [0.717, 1.165) is 35.9 Å². The summed E-state index contributed by atoms with van der Waals surface area (Å²) in [5.41, 5.74) is 1.81. The maximum Gasteiger partial charge on any atom is 0.145 e. The monoisotopic (exact) mass is 355 g/mol. The zero-order chi connectivity index (χ0) is 16.9. The number of nitrogens with one attached hydrogen (secondary N) is 1. The molecule has 0 unspecified atom stereocenters. The van der Waals surface area contributed by atoms with E-state index in [9.17, 15) is 0 Å². The topological polar surface area (TPSA) is 48.3 Å². The molecular weight excluding hydrogens is 330 g/mol. The van der Waals surface area contributed by atoms with Gasteiger partial charge in [-0.05, 0) is 18.2 Å². The van der Waals surface area contributed by atoms with Crippen molar-refractivity contribution >= 4 is 36.4 Å². The summed E-state index contributed by atoms with van der Waals surface area (Å²) in [6.45, 7) is 9.70. The van der Waals surface area contributed by atoms with Crippen molar-refractivity contribution < 1.29 is 9.47 Å². The van der Waals surface area contributed by atoms with Crippen LogP contribution >= 0.6 is 11.6 Å². The van der Waals surface area contributed by atoms with Crippen molar-refractivity contribution in [2.75, 3.05) is 32.2 Å². The first kappa shape index (κ1) is 18.3. The molecule has 128 valence electrons. The molecule has 0 saturated heterocycles. The number of pyridine rings is 1. The van der Waals surface area contributed by atoms with Gasteiger partial charge in [0.2, 0.25) is 0 Å². The summed E-state index contributed by atoms with van der Waals surface area (Å²) in [5.74, 6) is 0. The minimum atomic E-state index is -1.06. The molecule has 0 radical (unpaired) electrons. The quantitative estimate of drug-likeness (QED) is 0.418. The van der Waals surface area contributed by atoms with E-state index in [2.05, 4.69) is 29.9 Å². The lowest BCUT2D eigenvalue weighted by Gasteiger charge is -2.15. The first-order valence-electron chi connectivity index (χ1n) is 7.86. The van der Waals surface area contributed by atoms with Gasteiger partial charge in [-0.2, -0.15) is 0 Å². The number of nitrogens with zero attached hydrogens (tertiary/aromatic N) is 2. The molecule has 0 bridgehead atoms. The summed E-state index contributed by atoms with van der Waals surface area (Å²) >= 11 is 6.16.